The van der Waals surface area contributed by atoms with Gasteiger partial charge < -0.3 is 10.2 Å². The van der Waals surface area contributed by atoms with Crippen LogP contribution in [0.2, 0.25) is 0 Å². The van der Waals surface area contributed by atoms with Crippen LogP contribution < -0.4 is 0 Å². The first-order chi connectivity index (χ1) is 9.13. The van der Waals surface area contributed by atoms with Crippen molar-refractivity contribution in [2.24, 2.45) is 0 Å². The first-order valence-electron chi connectivity index (χ1n) is 6.75. The number of aliphatic hydroxyl groups is 1. The Labute approximate surface area is 111 Å². The van der Waals surface area contributed by atoms with Gasteiger partial charge in [0.2, 0.25) is 0 Å². The van der Waals surface area contributed by atoms with E-state index in [0.717, 1.165) is 37.9 Å². The van der Waals surface area contributed by atoms with Crippen molar-refractivity contribution in [1.82, 2.24) is 9.88 Å². The number of carbonyl (C=O) groups is 1. The summed E-state index contributed by atoms with van der Waals surface area (Å²) in [6.45, 7) is 0.752. The number of aromatic carboxylic acids is 1. The van der Waals surface area contributed by atoms with Crippen molar-refractivity contribution >= 4 is 5.97 Å². The van der Waals surface area contributed by atoms with Crippen LogP contribution in [0.5, 0.6) is 0 Å². The Morgan fingerprint density at radius 2 is 2.00 bits per heavy atom. The van der Waals surface area contributed by atoms with Gasteiger partial charge in [0.05, 0.1) is 17.4 Å². The lowest BCUT2D eigenvalue weighted by atomic mass is 9.99. The summed E-state index contributed by atoms with van der Waals surface area (Å²) < 4.78 is 0. The molecule has 102 valence electrons. The van der Waals surface area contributed by atoms with E-state index < -0.39 is 5.97 Å². The number of aliphatic hydroxyl groups excluding tert-OH is 1. The Bertz CT molecular complexity index is 460. The number of hydrogen-bond acceptors (Lipinski definition) is 4. The maximum absolute atomic E-state index is 10.8. The molecule has 5 nitrogen and oxygen atoms in total. The molecule has 2 aliphatic heterocycles. The first kappa shape index (κ1) is 12.6. The summed E-state index contributed by atoms with van der Waals surface area (Å²) in [5, 5.41) is 18.6. The monoisotopic (exact) mass is 262 g/mol. The van der Waals surface area contributed by atoms with Gasteiger partial charge in [0, 0.05) is 24.8 Å². The van der Waals surface area contributed by atoms with Gasteiger partial charge in [-0.2, -0.15) is 0 Å². The van der Waals surface area contributed by atoms with Gasteiger partial charge in [-0.05, 0) is 37.8 Å². The molecule has 0 radical (unpaired) electrons. The molecular formula is C14H18N2O3. The molecule has 0 aliphatic carbocycles. The zero-order valence-electron chi connectivity index (χ0n) is 10.7. The molecule has 1 aromatic rings. The van der Waals surface area contributed by atoms with E-state index >= 15 is 0 Å². The SMILES string of the molecule is O=C(O)c1ccc(CN2C3CCC2CC(O)C3)nc1. The number of carboxylic acid groups (broad SMARTS) is 1. The van der Waals surface area contributed by atoms with E-state index in [0.29, 0.717) is 12.1 Å². The van der Waals surface area contributed by atoms with E-state index in [1.54, 1.807) is 12.1 Å². The highest BCUT2D eigenvalue weighted by Gasteiger charge is 2.39. The Hall–Kier alpha value is -1.46. The van der Waals surface area contributed by atoms with Crippen molar-refractivity contribution in [2.45, 2.75) is 50.4 Å². The molecule has 3 rings (SSSR count). The number of aromatic nitrogens is 1. The maximum Gasteiger partial charge on any atom is 0.337 e. The van der Waals surface area contributed by atoms with Crippen LogP contribution in [0.25, 0.3) is 0 Å². The van der Waals surface area contributed by atoms with Crippen LogP contribution in [0.15, 0.2) is 18.3 Å². The van der Waals surface area contributed by atoms with E-state index in [9.17, 15) is 9.90 Å². The molecule has 2 unspecified atom stereocenters. The van der Waals surface area contributed by atoms with Crippen molar-refractivity contribution in [1.29, 1.82) is 0 Å². The maximum atomic E-state index is 10.8. The molecule has 2 aliphatic rings. The van der Waals surface area contributed by atoms with Crippen molar-refractivity contribution in [3.8, 4) is 0 Å². The predicted molar refractivity (Wildman–Crippen MR) is 68.8 cm³/mol. The van der Waals surface area contributed by atoms with Crippen LogP contribution in [0.3, 0.4) is 0 Å². The standard InChI is InChI=1S/C14H18N2O3/c17-13-5-11-3-4-12(6-13)16(11)8-10-2-1-9(7-15-10)14(18)19/h1-2,7,11-13,17H,3-6,8H2,(H,18,19). The quantitative estimate of drug-likeness (QED) is 0.858. The van der Waals surface area contributed by atoms with Gasteiger partial charge in [-0.3, -0.25) is 9.88 Å². The zero-order valence-corrected chi connectivity index (χ0v) is 10.7. The summed E-state index contributed by atoms with van der Waals surface area (Å²) in [6.07, 6.45) is 5.26. The average molecular weight is 262 g/mol. The van der Waals surface area contributed by atoms with Crippen molar-refractivity contribution in [3.63, 3.8) is 0 Å². The third-order valence-electron chi connectivity index (χ3n) is 4.28. The van der Waals surface area contributed by atoms with Gasteiger partial charge in [-0.15, -0.1) is 0 Å². The van der Waals surface area contributed by atoms with Gasteiger partial charge in [0.25, 0.3) is 0 Å². The lowest BCUT2D eigenvalue weighted by molar-refractivity contribution is 0.0303. The minimum Gasteiger partial charge on any atom is -0.478 e. The van der Waals surface area contributed by atoms with Gasteiger partial charge in [-0.25, -0.2) is 4.79 Å². The largest absolute Gasteiger partial charge is 0.478 e. The lowest BCUT2D eigenvalue weighted by Gasteiger charge is -2.36. The second-order valence-corrected chi connectivity index (χ2v) is 5.53. The Kier molecular flexibility index (Phi) is 3.24. The number of carboxylic acids is 1. The first-order valence-corrected chi connectivity index (χ1v) is 6.75. The number of rotatable bonds is 3. The fourth-order valence-electron chi connectivity index (χ4n) is 3.34. The van der Waals surface area contributed by atoms with Crippen LogP contribution in [-0.2, 0) is 6.54 Å². The molecule has 0 aromatic carbocycles. The second-order valence-electron chi connectivity index (χ2n) is 5.53. The summed E-state index contributed by atoms with van der Waals surface area (Å²) in [5.74, 6) is -0.944. The second kappa shape index (κ2) is 4.90. The minimum absolute atomic E-state index is 0.156. The predicted octanol–water partition coefficient (Wildman–Crippen LogP) is 1.27. The van der Waals surface area contributed by atoms with E-state index in [1.165, 1.54) is 6.20 Å². The molecule has 3 heterocycles. The van der Waals surface area contributed by atoms with Crippen LogP contribution in [-0.4, -0.2) is 44.3 Å². The highest BCUT2D eigenvalue weighted by Crippen LogP contribution is 2.36. The Balaban J connectivity index is 1.70. The van der Waals surface area contributed by atoms with Crippen molar-refractivity contribution in [3.05, 3.63) is 29.6 Å². The summed E-state index contributed by atoms with van der Waals surface area (Å²) in [6, 6.07) is 4.30. The fourth-order valence-corrected chi connectivity index (χ4v) is 3.34. The third kappa shape index (κ3) is 2.48. The number of piperidine rings is 1. The molecule has 2 bridgehead atoms. The number of pyridine rings is 1. The molecule has 19 heavy (non-hydrogen) atoms. The average Bonchev–Trinajstić information content (AvgIpc) is 2.62. The smallest absolute Gasteiger partial charge is 0.337 e. The van der Waals surface area contributed by atoms with Crippen LogP contribution in [0, 0.1) is 0 Å². The molecule has 0 saturated carbocycles. The summed E-state index contributed by atoms with van der Waals surface area (Å²) in [7, 11) is 0. The number of fused-ring (bicyclic) bond motifs is 2. The highest BCUT2D eigenvalue weighted by molar-refractivity contribution is 5.87. The molecule has 2 atom stereocenters. The lowest BCUT2D eigenvalue weighted by Crippen LogP contribution is -2.44. The van der Waals surface area contributed by atoms with Crippen molar-refractivity contribution in [2.75, 3.05) is 0 Å². The van der Waals surface area contributed by atoms with Crippen LogP contribution in [0.4, 0.5) is 0 Å². The van der Waals surface area contributed by atoms with Crippen LogP contribution >= 0.6 is 0 Å². The molecule has 5 heteroatoms. The number of nitrogens with zero attached hydrogens (tertiary/aromatic N) is 2. The zero-order chi connectivity index (χ0) is 13.4. The molecule has 2 N–H and O–H groups in total. The Morgan fingerprint density at radius 3 is 2.53 bits per heavy atom. The summed E-state index contributed by atoms with van der Waals surface area (Å²) >= 11 is 0. The van der Waals surface area contributed by atoms with Gasteiger partial charge in [0.1, 0.15) is 0 Å². The van der Waals surface area contributed by atoms with Gasteiger partial charge >= 0.3 is 5.97 Å². The molecule has 2 saturated heterocycles. The van der Waals surface area contributed by atoms with Gasteiger partial charge in [-0.1, -0.05) is 0 Å². The highest BCUT2D eigenvalue weighted by atomic mass is 16.4. The number of hydrogen-bond donors (Lipinski definition) is 2. The molecule has 0 amide bonds. The molecule has 0 spiro atoms. The van der Waals surface area contributed by atoms with E-state index in [2.05, 4.69) is 9.88 Å². The minimum atomic E-state index is -0.944. The van der Waals surface area contributed by atoms with Crippen molar-refractivity contribution < 1.29 is 15.0 Å². The molecule has 2 fully saturated rings. The third-order valence-corrected chi connectivity index (χ3v) is 4.28. The molecule has 1 aromatic heterocycles. The normalized spacial score (nSPS) is 30.5. The topological polar surface area (TPSA) is 73.7 Å². The fraction of sp³-hybridized carbons (Fsp3) is 0.571. The molecular weight excluding hydrogens is 244 g/mol. The van der Waals surface area contributed by atoms with Crippen LogP contribution in [0.1, 0.15) is 41.7 Å². The summed E-state index contributed by atoms with van der Waals surface area (Å²) in [5.41, 5.74) is 1.12. The van der Waals surface area contributed by atoms with E-state index in [4.69, 9.17) is 5.11 Å². The summed E-state index contributed by atoms with van der Waals surface area (Å²) in [4.78, 5) is 17.4. The van der Waals surface area contributed by atoms with Gasteiger partial charge in [0.15, 0.2) is 0 Å². The van der Waals surface area contributed by atoms with E-state index in [1.807, 2.05) is 0 Å². The Morgan fingerprint density at radius 1 is 1.32 bits per heavy atom. The van der Waals surface area contributed by atoms with E-state index in [-0.39, 0.29) is 11.7 Å².